The number of nitrogens with zero attached hydrogens (tertiary/aromatic N) is 1. The highest BCUT2D eigenvalue weighted by Crippen LogP contribution is 2.36. The Labute approximate surface area is 81.2 Å². The molecule has 0 atom stereocenters. The predicted octanol–water partition coefficient (Wildman–Crippen LogP) is 1.16. The van der Waals surface area contributed by atoms with Crippen molar-refractivity contribution >= 4 is 23.5 Å². The summed E-state index contributed by atoms with van der Waals surface area (Å²) in [5.41, 5.74) is 0.849. The van der Waals surface area contributed by atoms with E-state index in [4.69, 9.17) is 0 Å². The summed E-state index contributed by atoms with van der Waals surface area (Å²) in [4.78, 5) is 24.4. The van der Waals surface area contributed by atoms with Gasteiger partial charge in [-0.15, -0.1) is 11.8 Å². The molecule has 0 aromatic carbocycles. The van der Waals surface area contributed by atoms with Crippen LogP contribution in [0.2, 0.25) is 0 Å². The molecule has 2 rings (SSSR count). The number of carbonyl (C=O) groups is 2. The van der Waals surface area contributed by atoms with Crippen LogP contribution in [0, 0.1) is 0 Å². The van der Waals surface area contributed by atoms with Crippen molar-refractivity contribution in [3.63, 3.8) is 0 Å². The Hall–Kier alpha value is -0.770. The number of thioether (sulfide) groups is 1. The molecule has 1 fully saturated rings. The number of allylic oxidation sites excluding steroid dienone is 1. The second-order valence-electron chi connectivity index (χ2n) is 3.23. The lowest BCUT2D eigenvalue weighted by Gasteiger charge is -2.24. The van der Waals surface area contributed by atoms with Crippen molar-refractivity contribution in [3.8, 4) is 0 Å². The molecule has 13 heavy (non-hydrogen) atoms. The van der Waals surface area contributed by atoms with Gasteiger partial charge in [0.15, 0.2) is 5.78 Å². The molecule has 2 heterocycles. The van der Waals surface area contributed by atoms with E-state index in [-0.39, 0.29) is 11.7 Å². The van der Waals surface area contributed by atoms with E-state index in [0.29, 0.717) is 12.8 Å². The van der Waals surface area contributed by atoms with Crippen LogP contribution in [-0.2, 0) is 9.59 Å². The van der Waals surface area contributed by atoms with Gasteiger partial charge in [-0.05, 0) is 13.3 Å². The Kier molecular flexibility index (Phi) is 2.15. The molecule has 0 radical (unpaired) electrons. The Morgan fingerprint density at radius 2 is 2.23 bits per heavy atom. The first kappa shape index (κ1) is 8.81. The van der Waals surface area contributed by atoms with Crippen LogP contribution in [-0.4, -0.2) is 28.9 Å². The number of amides is 1. The number of carbonyl (C=O) groups excluding carboxylic acids is 2. The number of rotatable bonds is 1. The standard InChI is InChI=1S/C9H11NO2S/c1-6(11)7-2-3-8(12)10-4-5-13-9(7)10/h2-5H2,1H3. The molecule has 1 amide bonds. The summed E-state index contributed by atoms with van der Waals surface area (Å²) in [6.07, 6.45) is 1.13. The molecule has 0 aliphatic carbocycles. The molecule has 2 aliphatic rings. The van der Waals surface area contributed by atoms with Gasteiger partial charge in [0, 0.05) is 24.3 Å². The molecule has 0 saturated carbocycles. The first-order chi connectivity index (χ1) is 6.20. The second kappa shape index (κ2) is 3.18. The average molecular weight is 197 g/mol. The van der Waals surface area contributed by atoms with Gasteiger partial charge in [-0.1, -0.05) is 0 Å². The molecular formula is C9H11NO2S. The van der Waals surface area contributed by atoms with Gasteiger partial charge in [0.25, 0.3) is 0 Å². The summed E-state index contributed by atoms with van der Waals surface area (Å²) in [7, 11) is 0. The fourth-order valence-corrected chi connectivity index (χ4v) is 2.94. The van der Waals surface area contributed by atoms with E-state index in [1.807, 2.05) is 0 Å². The molecular weight excluding hydrogens is 186 g/mol. The van der Waals surface area contributed by atoms with Crippen molar-refractivity contribution in [2.24, 2.45) is 0 Å². The van der Waals surface area contributed by atoms with Crippen LogP contribution in [0.3, 0.4) is 0 Å². The van der Waals surface area contributed by atoms with Gasteiger partial charge in [0.2, 0.25) is 5.91 Å². The van der Waals surface area contributed by atoms with Crippen molar-refractivity contribution < 1.29 is 9.59 Å². The number of ketones is 1. The van der Waals surface area contributed by atoms with E-state index in [0.717, 1.165) is 22.9 Å². The minimum absolute atomic E-state index is 0.113. The van der Waals surface area contributed by atoms with Crippen molar-refractivity contribution in [1.82, 2.24) is 4.90 Å². The van der Waals surface area contributed by atoms with Crippen LogP contribution in [0.5, 0.6) is 0 Å². The SMILES string of the molecule is CC(=O)C1=C2SCCN2C(=O)CC1. The summed E-state index contributed by atoms with van der Waals surface area (Å²) >= 11 is 1.63. The topological polar surface area (TPSA) is 37.4 Å². The lowest BCUT2D eigenvalue weighted by atomic mass is 10.0. The van der Waals surface area contributed by atoms with Crippen LogP contribution in [0.15, 0.2) is 10.6 Å². The minimum Gasteiger partial charge on any atom is -0.306 e. The van der Waals surface area contributed by atoms with Gasteiger partial charge >= 0.3 is 0 Å². The van der Waals surface area contributed by atoms with Gasteiger partial charge in [-0.2, -0.15) is 0 Å². The van der Waals surface area contributed by atoms with Gasteiger partial charge in [-0.3, -0.25) is 9.59 Å². The number of fused-ring (bicyclic) bond motifs is 1. The molecule has 0 unspecified atom stereocenters. The fourth-order valence-electron chi connectivity index (χ4n) is 1.70. The van der Waals surface area contributed by atoms with Crippen molar-refractivity contribution in [3.05, 3.63) is 10.6 Å². The smallest absolute Gasteiger partial charge is 0.227 e. The molecule has 0 spiro atoms. The molecule has 0 aromatic heterocycles. The summed E-state index contributed by atoms with van der Waals surface area (Å²) in [6, 6.07) is 0. The molecule has 0 aromatic rings. The van der Waals surface area contributed by atoms with E-state index >= 15 is 0 Å². The monoisotopic (exact) mass is 197 g/mol. The highest BCUT2D eigenvalue weighted by atomic mass is 32.2. The maximum absolute atomic E-state index is 11.4. The largest absolute Gasteiger partial charge is 0.306 e. The van der Waals surface area contributed by atoms with E-state index in [1.54, 1.807) is 23.6 Å². The third-order valence-electron chi connectivity index (χ3n) is 2.37. The first-order valence-corrected chi connectivity index (χ1v) is 5.36. The summed E-state index contributed by atoms with van der Waals surface area (Å²) < 4.78 is 0. The molecule has 3 nitrogen and oxygen atoms in total. The highest BCUT2D eigenvalue weighted by Gasteiger charge is 2.32. The molecule has 1 saturated heterocycles. The molecule has 70 valence electrons. The van der Waals surface area contributed by atoms with E-state index in [1.165, 1.54) is 0 Å². The summed E-state index contributed by atoms with van der Waals surface area (Å²) in [5, 5.41) is 0.920. The summed E-state index contributed by atoms with van der Waals surface area (Å²) in [5.74, 6) is 1.21. The average Bonchev–Trinajstić information content (AvgIpc) is 2.53. The molecule has 0 N–H and O–H groups in total. The third-order valence-corrected chi connectivity index (χ3v) is 3.50. The molecule has 0 bridgehead atoms. The quantitative estimate of drug-likeness (QED) is 0.633. The minimum atomic E-state index is 0.113. The number of Topliss-reactive ketones (excluding diaryl/α,β-unsaturated/α-hetero) is 1. The van der Waals surface area contributed by atoms with Gasteiger partial charge < -0.3 is 4.90 Å². The van der Waals surface area contributed by atoms with E-state index < -0.39 is 0 Å². The number of hydrogen-bond donors (Lipinski definition) is 0. The van der Waals surface area contributed by atoms with E-state index in [9.17, 15) is 9.59 Å². The Balaban J connectivity index is 2.39. The van der Waals surface area contributed by atoms with Crippen molar-refractivity contribution in [1.29, 1.82) is 0 Å². The Bertz CT molecular complexity index is 309. The third kappa shape index (κ3) is 1.39. The maximum Gasteiger partial charge on any atom is 0.227 e. The molecule has 2 aliphatic heterocycles. The van der Waals surface area contributed by atoms with Crippen LogP contribution in [0.25, 0.3) is 0 Å². The van der Waals surface area contributed by atoms with E-state index in [2.05, 4.69) is 0 Å². The van der Waals surface area contributed by atoms with Gasteiger partial charge in [-0.25, -0.2) is 0 Å². The van der Waals surface area contributed by atoms with Crippen LogP contribution in [0.4, 0.5) is 0 Å². The zero-order chi connectivity index (χ0) is 9.42. The zero-order valence-corrected chi connectivity index (χ0v) is 8.32. The van der Waals surface area contributed by atoms with Crippen LogP contribution in [0.1, 0.15) is 19.8 Å². The lowest BCUT2D eigenvalue weighted by molar-refractivity contribution is -0.129. The highest BCUT2D eigenvalue weighted by molar-refractivity contribution is 8.03. The van der Waals surface area contributed by atoms with Crippen molar-refractivity contribution in [2.75, 3.05) is 12.3 Å². The lowest BCUT2D eigenvalue weighted by Crippen LogP contribution is -2.31. The fraction of sp³-hybridized carbons (Fsp3) is 0.556. The predicted molar refractivity (Wildman–Crippen MR) is 51.1 cm³/mol. The first-order valence-electron chi connectivity index (χ1n) is 4.37. The van der Waals surface area contributed by atoms with Crippen LogP contribution < -0.4 is 0 Å². The maximum atomic E-state index is 11.4. The summed E-state index contributed by atoms with van der Waals surface area (Å²) in [6.45, 7) is 2.35. The van der Waals surface area contributed by atoms with Gasteiger partial charge in [0.05, 0.1) is 5.03 Å². The van der Waals surface area contributed by atoms with Crippen LogP contribution >= 0.6 is 11.8 Å². The second-order valence-corrected chi connectivity index (χ2v) is 4.32. The normalized spacial score (nSPS) is 22.2. The number of hydrogen-bond acceptors (Lipinski definition) is 3. The zero-order valence-electron chi connectivity index (χ0n) is 7.50. The Morgan fingerprint density at radius 1 is 1.46 bits per heavy atom. The molecule has 4 heteroatoms. The Morgan fingerprint density at radius 3 is 2.92 bits per heavy atom. The van der Waals surface area contributed by atoms with Gasteiger partial charge in [0.1, 0.15) is 0 Å². The van der Waals surface area contributed by atoms with Crippen molar-refractivity contribution in [2.45, 2.75) is 19.8 Å².